The molecule has 4 heteroatoms. The van der Waals surface area contributed by atoms with Gasteiger partial charge in [-0.1, -0.05) is 28.9 Å². The van der Waals surface area contributed by atoms with Gasteiger partial charge in [0.1, 0.15) is 11.5 Å². The van der Waals surface area contributed by atoms with Gasteiger partial charge in [-0.3, -0.25) is 0 Å². The lowest BCUT2D eigenvalue weighted by Gasteiger charge is -2.51. The summed E-state index contributed by atoms with van der Waals surface area (Å²) in [5, 5.41) is 14.1. The van der Waals surface area contributed by atoms with Gasteiger partial charge in [-0.05, 0) is 103 Å². The molecule has 2 aromatic carbocycles. The molecular weight excluding hydrogens is 438 g/mol. The fourth-order valence-corrected chi connectivity index (χ4v) is 7.36. The van der Waals surface area contributed by atoms with Gasteiger partial charge >= 0.3 is 0 Å². The molecule has 3 aliphatic carbocycles. The predicted octanol–water partition coefficient (Wildman–Crippen LogP) is 6.18. The van der Waals surface area contributed by atoms with Gasteiger partial charge in [-0.2, -0.15) is 0 Å². The van der Waals surface area contributed by atoms with Crippen LogP contribution >= 0.6 is 15.9 Å². The Morgan fingerprint density at radius 3 is 2.83 bits per heavy atom. The Morgan fingerprint density at radius 1 is 1.13 bits per heavy atom. The summed E-state index contributed by atoms with van der Waals surface area (Å²) >= 11 is 3.53. The van der Waals surface area contributed by atoms with Crippen LogP contribution in [0.2, 0.25) is 0 Å². The third kappa shape index (κ3) is 3.36. The standard InChI is InChI=1S/C26H32BrNO2/c1-26-12-11-21-20-7-5-19(30-2)14-16(20)3-6-22(21)23(26)8-10-25(26)28-15-17-13-18(27)4-9-24(17)29/h4-5,7,9,13-14,21-23,25,28-29H,3,6,8,10-12,15H2,1-2H3/t21-,22-,23+,25+,26+/m1/s1. The Morgan fingerprint density at radius 2 is 2.00 bits per heavy atom. The first kappa shape index (κ1) is 20.4. The highest BCUT2D eigenvalue weighted by molar-refractivity contribution is 9.10. The molecule has 0 aliphatic heterocycles. The molecule has 3 aliphatic rings. The summed E-state index contributed by atoms with van der Waals surface area (Å²) in [6.07, 6.45) is 7.64. The molecule has 2 N–H and O–H groups in total. The highest BCUT2D eigenvalue weighted by atomic mass is 79.9. The van der Waals surface area contributed by atoms with E-state index < -0.39 is 0 Å². The molecule has 2 saturated carbocycles. The van der Waals surface area contributed by atoms with Crippen LogP contribution in [-0.4, -0.2) is 18.3 Å². The van der Waals surface area contributed by atoms with Gasteiger partial charge in [-0.25, -0.2) is 0 Å². The van der Waals surface area contributed by atoms with Gasteiger partial charge in [0.15, 0.2) is 0 Å². The molecule has 3 nitrogen and oxygen atoms in total. The summed E-state index contributed by atoms with van der Waals surface area (Å²) in [6, 6.07) is 13.0. The fourth-order valence-electron chi connectivity index (χ4n) is 6.95. The zero-order chi connectivity index (χ0) is 20.9. The number of nitrogens with one attached hydrogen (secondary N) is 1. The van der Waals surface area contributed by atoms with E-state index in [9.17, 15) is 5.11 Å². The number of rotatable bonds is 4. The van der Waals surface area contributed by atoms with Crippen molar-refractivity contribution in [3.8, 4) is 11.5 Å². The van der Waals surface area contributed by atoms with Gasteiger partial charge in [0.2, 0.25) is 0 Å². The summed E-state index contributed by atoms with van der Waals surface area (Å²) in [7, 11) is 1.76. The first-order valence-corrected chi connectivity index (χ1v) is 12.2. The number of ether oxygens (including phenoxy) is 1. The van der Waals surface area contributed by atoms with E-state index in [1.807, 2.05) is 12.1 Å². The number of phenols is 1. The minimum atomic E-state index is 0.354. The molecule has 5 atom stereocenters. The van der Waals surface area contributed by atoms with Crippen molar-refractivity contribution in [2.24, 2.45) is 17.3 Å². The van der Waals surface area contributed by atoms with E-state index in [1.165, 1.54) is 44.1 Å². The number of benzene rings is 2. The summed E-state index contributed by atoms with van der Waals surface area (Å²) in [5.74, 6) is 3.68. The molecule has 0 spiro atoms. The smallest absolute Gasteiger partial charge is 0.120 e. The van der Waals surface area contributed by atoms with Gasteiger partial charge in [0.05, 0.1) is 7.11 Å². The summed E-state index contributed by atoms with van der Waals surface area (Å²) in [6.45, 7) is 3.26. The number of methoxy groups -OCH3 is 1. The minimum absolute atomic E-state index is 0.354. The number of halogens is 1. The van der Waals surface area contributed by atoms with Crippen LogP contribution in [0, 0.1) is 17.3 Å². The molecular formula is C26H32BrNO2. The summed E-state index contributed by atoms with van der Waals surface area (Å²) < 4.78 is 6.48. The number of fused-ring (bicyclic) bond motifs is 5. The molecule has 0 unspecified atom stereocenters. The molecule has 5 rings (SSSR count). The third-order valence-corrected chi connectivity index (χ3v) is 9.01. The molecule has 0 heterocycles. The Balaban J connectivity index is 1.33. The van der Waals surface area contributed by atoms with Crippen LogP contribution in [0.25, 0.3) is 0 Å². The van der Waals surface area contributed by atoms with Crippen LogP contribution in [0.1, 0.15) is 61.6 Å². The Bertz CT molecular complexity index is 945. The lowest BCUT2D eigenvalue weighted by molar-refractivity contribution is 0.0407. The van der Waals surface area contributed by atoms with Crippen molar-refractivity contribution in [1.29, 1.82) is 0 Å². The zero-order valence-corrected chi connectivity index (χ0v) is 19.5. The van der Waals surface area contributed by atoms with Crippen LogP contribution < -0.4 is 10.1 Å². The normalized spacial score (nSPS) is 32.2. The van der Waals surface area contributed by atoms with Gasteiger partial charge in [-0.15, -0.1) is 0 Å². The van der Waals surface area contributed by atoms with E-state index in [1.54, 1.807) is 18.7 Å². The van der Waals surface area contributed by atoms with E-state index in [0.717, 1.165) is 34.2 Å². The van der Waals surface area contributed by atoms with Crippen molar-refractivity contribution < 1.29 is 9.84 Å². The molecule has 0 aromatic heterocycles. The quantitative estimate of drug-likeness (QED) is 0.561. The van der Waals surface area contributed by atoms with Crippen molar-refractivity contribution in [2.75, 3.05) is 7.11 Å². The lowest BCUT2D eigenvalue weighted by Crippen LogP contribution is -2.48. The van der Waals surface area contributed by atoms with Crippen molar-refractivity contribution >= 4 is 15.9 Å². The second kappa shape index (κ2) is 7.87. The van der Waals surface area contributed by atoms with Crippen molar-refractivity contribution in [1.82, 2.24) is 5.32 Å². The topological polar surface area (TPSA) is 41.5 Å². The average molecular weight is 470 g/mol. The maximum absolute atomic E-state index is 10.2. The van der Waals surface area contributed by atoms with Crippen LogP contribution in [-0.2, 0) is 13.0 Å². The summed E-state index contributed by atoms with van der Waals surface area (Å²) in [4.78, 5) is 0. The van der Waals surface area contributed by atoms with Crippen LogP contribution in [0.4, 0.5) is 0 Å². The monoisotopic (exact) mass is 469 g/mol. The van der Waals surface area contributed by atoms with E-state index in [0.29, 0.717) is 23.1 Å². The molecule has 0 radical (unpaired) electrons. The number of aryl methyl sites for hydroxylation is 1. The molecule has 2 aromatic rings. The SMILES string of the molecule is COc1ccc2c(c1)CC[C@@H]1[C@@H]2CC[C@]2(C)[C@@H](NCc3cc(Br)ccc3O)CC[C@@H]12. The van der Waals surface area contributed by atoms with E-state index in [-0.39, 0.29) is 0 Å². The number of phenolic OH excluding ortho intramolecular Hbond substituents is 1. The zero-order valence-electron chi connectivity index (χ0n) is 18.0. The van der Waals surface area contributed by atoms with Crippen LogP contribution in [0.5, 0.6) is 11.5 Å². The van der Waals surface area contributed by atoms with Gasteiger partial charge in [0, 0.05) is 22.6 Å². The van der Waals surface area contributed by atoms with Crippen molar-refractivity contribution in [3.05, 3.63) is 57.6 Å². The lowest BCUT2D eigenvalue weighted by atomic mass is 9.55. The maximum atomic E-state index is 10.2. The van der Waals surface area contributed by atoms with Crippen molar-refractivity contribution in [2.45, 2.75) is 64.0 Å². The van der Waals surface area contributed by atoms with E-state index >= 15 is 0 Å². The highest BCUT2D eigenvalue weighted by Gasteiger charge is 2.54. The van der Waals surface area contributed by atoms with Crippen LogP contribution in [0.15, 0.2) is 40.9 Å². The molecule has 0 amide bonds. The van der Waals surface area contributed by atoms with Crippen molar-refractivity contribution in [3.63, 3.8) is 0 Å². The Labute approximate surface area is 188 Å². The number of aromatic hydroxyl groups is 1. The van der Waals surface area contributed by atoms with E-state index in [2.05, 4.69) is 46.4 Å². The predicted molar refractivity (Wildman–Crippen MR) is 124 cm³/mol. The highest BCUT2D eigenvalue weighted by Crippen LogP contribution is 2.61. The second-order valence-electron chi connectivity index (χ2n) is 9.81. The third-order valence-electron chi connectivity index (χ3n) is 8.51. The van der Waals surface area contributed by atoms with Crippen LogP contribution in [0.3, 0.4) is 0 Å². The van der Waals surface area contributed by atoms with Gasteiger partial charge < -0.3 is 15.2 Å². The minimum Gasteiger partial charge on any atom is -0.508 e. The maximum Gasteiger partial charge on any atom is 0.120 e. The largest absolute Gasteiger partial charge is 0.508 e. The second-order valence-corrected chi connectivity index (χ2v) is 10.7. The molecule has 0 saturated heterocycles. The number of hydrogen-bond donors (Lipinski definition) is 2. The summed E-state index contributed by atoms with van der Waals surface area (Å²) in [5.41, 5.74) is 4.43. The first-order chi connectivity index (χ1) is 14.5. The molecule has 160 valence electrons. The molecule has 0 bridgehead atoms. The first-order valence-electron chi connectivity index (χ1n) is 11.4. The van der Waals surface area contributed by atoms with Gasteiger partial charge in [0.25, 0.3) is 0 Å². The number of hydrogen-bond acceptors (Lipinski definition) is 3. The Hall–Kier alpha value is -1.52. The molecule has 30 heavy (non-hydrogen) atoms. The Kier molecular flexibility index (Phi) is 5.35. The fraction of sp³-hybridized carbons (Fsp3) is 0.538. The van der Waals surface area contributed by atoms with E-state index in [4.69, 9.17) is 4.74 Å². The molecule has 2 fully saturated rings. The average Bonchev–Trinajstić information content (AvgIpc) is 3.10.